The molecule has 1 aromatic carbocycles. The summed E-state index contributed by atoms with van der Waals surface area (Å²) < 4.78 is 21.2. The van der Waals surface area contributed by atoms with Crippen molar-refractivity contribution in [2.75, 3.05) is 13.2 Å². The smallest absolute Gasteiger partial charge is 0.144 e. The van der Waals surface area contributed by atoms with E-state index in [1.165, 1.54) is 6.07 Å². The number of fused-ring (bicyclic) bond motifs is 1. The van der Waals surface area contributed by atoms with Gasteiger partial charge in [0.25, 0.3) is 0 Å². The minimum absolute atomic E-state index is 0.0834. The Balaban J connectivity index is 2.13. The Morgan fingerprint density at radius 2 is 2.35 bits per heavy atom. The maximum absolute atomic E-state index is 13.8. The van der Waals surface area contributed by atoms with Crippen LogP contribution in [0.4, 0.5) is 4.39 Å². The molecule has 1 aromatic heterocycles. The highest BCUT2D eigenvalue weighted by atomic mass is 35.5. The second-order valence-electron chi connectivity index (χ2n) is 5.15. The van der Waals surface area contributed by atoms with Crippen LogP contribution in [0.2, 0.25) is 5.02 Å². The molecule has 0 aliphatic carbocycles. The highest BCUT2D eigenvalue weighted by Gasteiger charge is 2.27. The van der Waals surface area contributed by atoms with E-state index in [0.29, 0.717) is 11.4 Å². The second-order valence-corrected chi connectivity index (χ2v) is 5.83. The standard InChI is InChI=1S/C14H15Cl2FN2O/c1-8(9-2-3-20-7-9)19-13-5-11(17)10(16)4-12(13)18-14(19)6-15/h4-5,8-9H,2-3,6-7H2,1H3. The molecule has 1 aliphatic heterocycles. The van der Waals surface area contributed by atoms with Crippen molar-refractivity contribution in [3.8, 4) is 0 Å². The summed E-state index contributed by atoms with van der Waals surface area (Å²) in [5, 5.41) is 0.0834. The van der Waals surface area contributed by atoms with Crippen LogP contribution in [0.3, 0.4) is 0 Å². The summed E-state index contributed by atoms with van der Waals surface area (Å²) in [6.45, 7) is 3.60. The Kier molecular flexibility index (Phi) is 3.89. The van der Waals surface area contributed by atoms with Crippen molar-refractivity contribution in [1.82, 2.24) is 9.55 Å². The van der Waals surface area contributed by atoms with Crippen molar-refractivity contribution in [3.63, 3.8) is 0 Å². The van der Waals surface area contributed by atoms with Gasteiger partial charge in [-0.15, -0.1) is 11.6 Å². The number of alkyl halides is 1. The molecular weight excluding hydrogens is 302 g/mol. The molecule has 0 bridgehead atoms. The summed E-state index contributed by atoms with van der Waals surface area (Å²) >= 11 is 11.8. The fourth-order valence-corrected chi connectivity index (χ4v) is 3.18. The van der Waals surface area contributed by atoms with Gasteiger partial charge in [0, 0.05) is 24.6 Å². The lowest BCUT2D eigenvalue weighted by Crippen LogP contribution is -2.18. The van der Waals surface area contributed by atoms with Crippen LogP contribution >= 0.6 is 23.2 Å². The van der Waals surface area contributed by atoms with E-state index in [0.717, 1.165) is 31.0 Å². The molecule has 1 fully saturated rings. The van der Waals surface area contributed by atoms with E-state index in [1.807, 2.05) is 4.57 Å². The van der Waals surface area contributed by atoms with Gasteiger partial charge >= 0.3 is 0 Å². The van der Waals surface area contributed by atoms with Crippen molar-refractivity contribution in [2.24, 2.45) is 5.92 Å². The highest BCUT2D eigenvalue weighted by Crippen LogP contribution is 2.32. The van der Waals surface area contributed by atoms with Gasteiger partial charge in [-0.1, -0.05) is 11.6 Å². The highest BCUT2D eigenvalue weighted by molar-refractivity contribution is 6.31. The quantitative estimate of drug-likeness (QED) is 0.795. The fourth-order valence-electron chi connectivity index (χ4n) is 2.83. The van der Waals surface area contributed by atoms with E-state index in [9.17, 15) is 4.39 Å². The summed E-state index contributed by atoms with van der Waals surface area (Å²) in [6.07, 6.45) is 0.999. The fraction of sp³-hybridized carbons (Fsp3) is 0.500. The third kappa shape index (κ3) is 2.30. The SMILES string of the molecule is CC(C1CCOC1)n1c(CCl)nc2cc(Cl)c(F)cc21. The molecular formula is C14H15Cl2FN2O. The Morgan fingerprint density at radius 3 is 3.00 bits per heavy atom. The molecule has 0 saturated carbocycles. The number of hydrogen-bond acceptors (Lipinski definition) is 2. The Hall–Kier alpha value is -0.840. The number of halogens is 3. The zero-order valence-corrected chi connectivity index (χ0v) is 12.6. The predicted octanol–water partition coefficient (Wildman–Crippen LogP) is 4.17. The normalized spacial score (nSPS) is 20.7. The van der Waals surface area contributed by atoms with Crippen LogP contribution in [-0.2, 0) is 10.6 Å². The van der Waals surface area contributed by atoms with E-state index in [2.05, 4.69) is 11.9 Å². The molecule has 0 spiro atoms. The Morgan fingerprint density at radius 1 is 1.55 bits per heavy atom. The lowest BCUT2D eigenvalue weighted by Gasteiger charge is -2.22. The number of imidazole rings is 1. The van der Waals surface area contributed by atoms with Gasteiger partial charge in [-0.05, 0) is 19.4 Å². The van der Waals surface area contributed by atoms with E-state index in [1.54, 1.807) is 6.07 Å². The van der Waals surface area contributed by atoms with Gasteiger partial charge in [-0.25, -0.2) is 9.37 Å². The number of rotatable bonds is 3. The van der Waals surface area contributed by atoms with Crippen molar-refractivity contribution in [3.05, 3.63) is 28.8 Å². The van der Waals surface area contributed by atoms with Crippen LogP contribution in [0.1, 0.15) is 25.2 Å². The van der Waals surface area contributed by atoms with Crippen LogP contribution in [0.15, 0.2) is 12.1 Å². The average molecular weight is 317 g/mol. The van der Waals surface area contributed by atoms with Crippen LogP contribution < -0.4 is 0 Å². The third-order valence-electron chi connectivity index (χ3n) is 3.98. The number of hydrogen-bond donors (Lipinski definition) is 0. The molecule has 0 amide bonds. The summed E-state index contributed by atoms with van der Waals surface area (Å²) in [7, 11) is 0. The van der Waals surface area contributed by atoms with Crippen molar-refractivity contribution >= 4 is 34.2 Å². The minimum atomic E-state index is -0.434. The van der Waals surface area contributed by atoms with E-state index >= 15 is 0 Å². The van der Waals surface area contributed by atoms with E-state index < -0.39 is 5.82 Å². The maximum atomic E-state index is 13.8. The molecule has 3 rings (SSSR count). The third-order valence-corrected chi connectivity index (χ3v) is 4.51. The molecule has 20 heavy (non-hydrogen) atoms. The van der Waals surface area contributed by atoms with Gasteiger partial charge in [0.1, 0.15) is 11.6 Å². The van der Waals surface area contributed by atoms with E-state index in [4.69, 9.17) is 27.9 Å². The maximum Gasteiger partial charge on any atom is 0.144 e. The van der Waals surface area contributed by atoms with Gasteiger partial charge in [-0.3, -0.25) is 0 Å². The average Bonchev–Trinajstić information content (AvgIpc) is 3.06. The monoisotopic (exact) mass is 316 g/mol. The first-order valence-corrected chi connectivity index (χ1v) is 7.52. The first-order valence-electron chi connectivity index (χ1n) is 6.61. The topological polar surface area (TPSA) is 27.1 Å². The molecule has 108 valence electrons. The molecule has 1 saturated heterocycles. The first kappa shape index (κ1) is 14.1. The first-order chi connectivity index (χ1) is 9.61. The molecule has 1 aliphatic rings. The molecule has 2 unspecified atom stereocenters. The van der Waals surface area contributed by atoms with Gasteiger partial charge in [0.05, 0.1) is 28.5 Å². The summed E-state index contributed by atoms with van der Waals surface area (Å²) in [6, 6.07) is 3.15. The molecule has 0 N–H and O–H groups in total. The van der Waals surface area contributed by atoms with Gasteiger partial charge in [-0.2, -0.15) is 0 Å². The van der Waals surface area contributed by atoms with E-state index in [-0.39, 0.29) is 16.9 Å². The van der Waals surface area contributed by atoms with Gasteiger partial charge in [0.15, 0.2) is 0 Å². The molecule has 0 radical (unpaired) electrons. The van der Waals surface area contributed by atoms with Crippen LogP contribution in [0.25, 0.3) is 11.0 Å². The predicted molar refractivity (Wildman–Crippen MR) is 77.9 cm³/mol. The van der Waals surface area contributed by atoms with Crippen LogP contribution in [0.5, 0.6) is 0 Å². The Bertz CT molecular complexity index is 638. The molecule has 3 nitrogen and oxygen atoms in total. The number of benzene rings is 1. The largest absolute Gasteiger partial charge is 0.381 e. The van der Waals surface area contributed by atoms with Crippen molar-refractivity contribution in [2.45, 2.75) is 25.3 Å². The zero-order chi connectivity index (χ0) is 14.3. The minimum Gasteiger partial charge on any atom is -0.381 e. The van der Waals surface area contributed by atoms with Crippen molar-refractivity contribution in [1.29, 1.82) is 0 Å². The lowest BCUT2D eigenvalue weighted by atomic mass is 10.0. The zero-order valence-electron chi connectivity index (χ0n) is 11.1. The summed E-state index contributed by atoms with van der Waals surface area (Å²) in [5.74, 6) is 0.985. The van der Waals surface area contributed by atoms with Crippen LogP contribution in [-0.4, -0.2) is 22.8 Å². The number of aromatic nitrogens is 2. The van der Waals surface area contributed by atoms with Crippen molar-refractivity contribution < 1.29 is 9.13 Å². The summed E-state index contributed by atoms with van der Waals surface area (Å²) in [4.78, 5) is 4.46. The van der Waals surface area contributed by atoms with Gasteiger partial charge in [0.2, 0.25) is 0 Å². The number of ether oxygens (including phenoxy) is 1. The molecule has 6 heteroatoms. The molecule has 2 atom stereocenters. The molecule has 2 heterocycles. The van der Waals surface area contributed by atoms with Gasteiger partial charge < -0.3 is 9.30 Å². The molecule has 2 aromatic rings. The lowest BCUT2D eigenvalue weighted by molar-refractivity contribution is 0.175. The Labute approximate surface area is 126 Å². The number of nitrogens with zero attached hydrogens (tertiary/aromatic N) is 2. The second kappa shape index (κ2) is 5.51. The van der Waals surface area contributed by atoms with Crippen LogP contribution in [0, 0.1) is 11.7 Å². The summed E-state index contributed by atoms with van der Waals surface area (Å²) in [5.41, 5.74) is 1.42.